The average Bonchev–Trinajstić information content (AvgIpc) is 3.09. The minimum absolute atomic E-state index is 0.0508. The van der Waals surface area contributed by atoms with Crippen molar-refractivity contribution in [1.29, 1.82) is 0 Å². The normalized spacial score (nSPS) is 24.7. The Morgan fingerprint density at radius 1 is 1.09 bits per heavy atom. The number of nitrogens with zero attached hydrogens (tertiary/aromatic N) is 2. The Labute approximate surface area is 196 Å². The van der Waals surface area contributed by atoms with Crippen molar-refractivity contribution in [3.63, 3.8) is 0 Å². The van der Waals surface area contributed by atoms with E-state index in [2.05, 4.69) is 17.3 Å². The third kappa shape index (κ3) is 6.67. The lowest BCUT2D eigenvalue weighted by Crippen LogP contribution is -2.41. The summed E-state index contributed by atoms with van der Waals surface area (Å²) in [6, 6.07) is 4.07. The van der Waals surface area contributed by atoms with Gasteiger partial charge in [0.25, 0.3) is 5.91 Å². The molecule has 0 radical (unpaired) electrons. The van der Waals surface area contributed by atoms with Crippen LogP contribution in [0.1, 0.15) is 60.2 Å². The SMILES string of the molecule is Cc1cc(C)c2c(c1)CC(=N/OCC(=O)N1C(C)C=CC1C)/C=C/CC/C=C/CCOC2=O. The van der Waals surface area contributed by atoms with Gasteiger partial charge in [-0.1, -0.05) is 53.2 Å². The van der Waals surface area contributed by atoms with Gasteiger partial charge in [-0.05, 0) is 64.2 Å². The van der Waals surface area contributed by atoms with Crippen LogP contribution >= 0.6 is 0 Å². The van der Waals surface area contributed by atoms with Gasteiger partial charge in [-0.3, -0.25) is 4.79 Å². The number of allylic oxidation sites excluding steroid dienone is 3. The van der Waals surface area contributed by atoms with E-state index >= 15 is 0 Å². The summed E-state index contributed by atoms with van der Waals surface area (Å²) < 4.78 is 5.52. The first-order valence-electron chi connectivity index (χ1n) is 11.6. The molecule has 2 aliphatic rings. The number of aryl methyl sites for hydroxylation is 2. The van der Waals surface area contributed by atoms with E-state index in [4.69, 9.17) is 9.57 Å². The summed E-state index contributed by atoms with van der Waals surface area (Å²) in [4.78, 5) is 32.7. The summed E-state index contributed by atoms with van der Waals surface area (Å²) in [6.45, 7) is 8.12. The van der Waals surface area contributed by atoms with Crippen molar-refractivity contribution in [3.8, 4) is 0 Å². The number of hydrogen-bond donors (Lipinski definition) is 0. The van der Waals surface area contributed by atoms with Crippen LogP contribution in [0, 0.1) is 13.8 Å². The minimum Gasteiger partial charge on any atom is -0.462 e. The highest BCUT2D eigenvalue weighted by atomic mass is 16.6. The molecular formula is C27H34N2O4. The number of esters is 1. The summed E-state index contributed by atoms with van der Waals surface area (Å²) in [5.74, 6) is -0.424. The van der Waals surface area contributed by atoms with Crippen LogP contribution in [-0.2, 0) is 20.8 Å². The van der Waals surface area contributed by atoms with E-state index in [1.54, 1.807) is 4.90 Å². The van der Waals surface area contributed by atoms with Crippen molar-refractivity contribution in [1.82, 2.24) is 4.90 Å². The number of fused-ring (bicyclic) bond motifs is 1. The van der Waals surface area contributed by atoms with E-state index in [1.165, 1.54) is 0 Å². The van der Waals surface area contributed by atoms with Crippen molar-refractivity contribution in [2.75, 3.05) is 13.2 Å². The van der Waals surface area contributed by atoms with Gasteiger partial charge in [-0.15, -0.1) is 0 Å². The van der Waals surface area contributed by atoms with Crippen molar-refractivity contribution in [2.24, 2.45) is 5.16 Å². The Balaban J connectivity index is 1.82. The molecule has 3 rings (SSSR count). The third-order valence-corrected chi connectivity index (χ3v) is 5.84. The molecule has 2 atom stereocenters. The van der Waals surface area contributed by atoms with Gasteiger partial charge in [0.2, 0.25) is 0 Å². The molecule has 0 fully saturated rings. The Morgan fingerprint density at radius 3 is 2.55 bits per heavy atom. The number of hydrogen-bond acceptors (Lipinski definition) is 5. The van der Waals surface area contributed by atoms with Gasteiger partial charge in [-0.2, -0.15) is 0 Å². The van der Waals surface area contributed by atoms with Crippen molar-refractivity contribution >= 4 is 17.6 Å². The lowest BCUT2D eigenvalue weighted by molar-refractivity contribution is -0.137. The second-order valence-corrected chi connectivity index (χ2v) is 8.69. The molecule has 0 saturated carbocycles. The number of benzene rings is 1. The van der Waals surface area contributed by atoms with E-state index in [0.717, 1.165) is 29.5 Å². The second kappa shape index (κ2) is 11.6. The van der Waals surface area contributed by atoms with Crippen LogP contribution in [0.15, 0.2) is 53.7 Å². The van der Waals surface area contributed by atoms with E-state index in [-0.39, 0.29) is 30.6 Å². The molecule has 0 saturated heterocycles. The van der Waals surface area contributed by atoms with Crippen molar-refractivity contribution in [2.45, 2.75) is 65.5 Å². The zero-order valence-corrected chi connectivity index (χ0v) is 20.0. The number of carbonyl (C=O) groups excluding carboxylic acids is 2. The van der Waals surface area contributed by atoms with Gasteiger partial charge in [0.15, 0.2) is 6.61 Å². The van der Waals surface area contributed by atoms with Gasteiger partial charge in [-0.25, -0.2) is 4.79 Å². The lowest BCUT2D eigenvalue weighted by atomic mass is 9.95. The molecular weight excluding hydrogens is 416 g/mol. The number of carbonyl (C=O) groups is 2. The van der Waals surface area contributed by atoms with E-state index in [1.807, 2.05) is 64.1 Å². The number of oxime groups is 1. The largest absolute Gasteiger partial charge is 0.462 e. The van der Waals surface area contributed by atoms with Gasteiger partial charge in [0.1, 0.15) is 0 Å². The molecule has 6 heteroatoms. The topological polar surface area (TPSA) is 68.2 Å². The molecule has 0 N–H and O–H groups in total. The summed E-state index contributed by atoms with van der Waals surface area (Å²) in [5.41, 5.74) is 4.01. The van der Waals surface area contributed by atoms with Gasteiger partial charge in [0, 0.05) is 18.5 Å². The Hall–Kier alpha value is -3.15. The predicted octanol–water partition coefficient (Wildman–Crippen LogP) is 4.85. The number of rotatable bonds is 3. The molecule has 6 nitrogen and oxygen atoms in total. The Bertz CT molecular complexity index is 978. The molecule has 176 valence electrons. The van der Waals surface area contributed by atoms with Crippen molar-refractivity contribution in [3.05, 3.63) is 70.8 Å². The zero-order valence-electron chi connectivity index (χ0n) is 20.0. The van der Waals surface area contributed by atoms with Crippen LogP contribution in [0.5, 0.6) is 0 Å². The number of ether oxygens (including phenoxy) is 1. The highest BCUT2D eigenvalue weighted by Gasteiger charge is 2.27. The molecule has 0 bridgehead atoms. The maximum absolute atomic E-state index is 12.8. The molecule has 2 aliphatic heterocycles. The highest BCUT2D eigenvalue weighted by molar-refractivity contribution is 6.00. The van der Waals surface area contributed by atoms with E-state index in [9.17, 15) is 9.59 Å². The second-order valence-electron chi connectivity index (χ2n) is 8.69. The molecule has 2 heterocycles. The molecule has 0 spiro atoms. The molecule has 1 amide bonds. The Morgan fingerprint density at radius 2 is 1.79 bits per heavy atom. The van der Waals surface area contributed by atoms with Crippen LogP contribution in [0.3, 0.4) is 0 Å². The van der Waals surface area contributed by atoms with Crippen LogP contribution in [0.25, 0.3) is 0 Å². The quantitative estimate of drug-likeness (QED) is 0.375. The molecule has 0 aliphatic carbocycles. The summed E-state index contributed by atoms with van der Waals surface area (Å²) in [6.07, 6.45) is 15.0. The fraction of sp³-hybridized carbons (Fsp3) is 0.444. The van der Waals surface area contributed by atoms with E-state index in [0.29, 0.717) is 30.7 Å². The van der Waals surface area contributed by atoms with Gasteiger partial charge >= 0.3 is 5.97 Å². The zero-order chi connectivity index (χ0) is 23.8. The summed E-state index contributed by atoms with van der Waals surface area (Å²) >= 11 is 0. The molecule has 33 heavy (non-hydrogen) atoms. The van der Waals surface area contributed by atoms with Gasteiger partial charge < -0.3 is 14.5 Å². The average molecular weight is 451 g/mol. The van der Waals surface area contributed by atoms with E-state index < -0.39 is 0 Å². The molecule has 1 aromatic rings. The first-order valence-corrected chi connectivity index (χ1v) is 11.6. The lowest BCUT2D eigenvalue weighted by Gasteiger charge is -2.25. The van der Waals surface area contributed by atoms with Crippen LogP contribution in [0.2, 0.25) is 0 Å². The fourth-order valence-electron chi connectivity index (χ4n) is 4.32. The maximum Gasteiger partial charge on any atom is 0.338 e. The third-order valence-electron chi connectivity index (χ3n) is 5.84. The van der Waals surface area contributed by atoms with Crippen LogP contribution < -0.4 is 0 Å². The standard InChI is InChI=1S/C27H34N2O4/c1-19-15-20(2)26-23(16-19)17-24(11-9-7-5-6-8-10-14-32-27(26)31)28-33-18-25(30)29-21(3)12-13-22(29)4/h6,8-9,11-13,15-16,21-22H,5,7,10,14,17-18H2,1-4H3/b8-6+,11-9+,28-24+. The van der Waals surface area contributed by atoms with Crippen molar-refractivity contribution < 1.29 is 19.2 Å². The van der Waals surface area contributed by atoms with Gasteiger partial charge in [0.05, 0.1) is 17.9 Å². The summed E-state index contributed by atoms with van der Waals surface area (Å²) in [7, 11) is 0. The predicted molar refractivity (Wildman–Crippen MR) is 130 cm³/mol. The smallest absolute Gasteiger partial charge is 0.338 e. The molecule has 0 aromatic heterocycles. The Kier molecular flexibility index (Phi) is 8.64. The van der Waals surface area contributed by atoms with Crippen LogP contribution in [-0.4, -0.2) is 47.8 Å². The first kappa shape index (κ1) is 24.5. The maximum atomic E-state index is 12.8. The molecule has 2 unspecified atom stereocenters. The highest BCUT2D eigenvalue weighted by Crippen LogP contribution is 2.21. The first-order chi connectivity index (χ1) is 15.9. The number of cyclic esters (lactones) is 1. The summed E-state index contributed by atoms with van der Waals surface area (Å²) in [5, 5.41) is 4.29. The van der Waals surface area contributed by atoms with Crippen LogP contribution in [0.4, 0.5) is 0 Å². The minimum atomic E-state index is -0.322. The monoisotopic (exact) mass is 450 g/mol. The number of amides is 1. The molecule has 1 aromatic carbocycles. The fourth-order valence-corrected chi connectivity index (χ4v) is 4.32.